The molecule has 4 nitrogen and oxygen atoms in total. The molecule has 4 rings (SSSR count). The molecule has 0 amide bonds. The van der Waals surface area contributed by atoms with E-state index in [-0.39, 0.29) is 0 Å². The molecule has 1 saturated heterocycles. The van der Waals surface area contributed by atoms with Gasteiger partial charge in [-0.05, 0) is 28.8 Å². The highest BCUT2D eigenvalue weighted by Gasteiger charge is 2.13. The summed E-state index contributed by atoms with van der Waals surface area (Å²) in [5.41, 5.74) is 4.76. The molecule has 1 unspecified atom stereocenters. The van der Waals surface area contributed by atoms with E-state index in [1.54, 1.807) is 0 Å². The molecule has 1 aliphatic rings. The van der Waals surface area contributed by atoms with Gasteiger partial charge in [0.25, 0.3) is 0 Å². The third kappa shape index (κ3) is 2.44. The lowest BCUT2D eigenvalue weighted by atomic mass is 10.0. The summed E-state index contributed by atoms with van der Waals surface area (Å²) in [5, 5.41) is 6.96. The first kappa shape index (κ1) is 12.6. The number of pyridine rings is 1. The Morgan fingerprint density at radius 2 is 1.90 bits per heavy atom. The van der Waals surface area contributed by atoms with E-state index in [2.05, 4.69) is 58.2 Å². The van der Waals surface area contributed by atoms with Gasteiger partial charge in [-0.25, -0.2) is 4.98 Å². The van der Waals surface area contributed by atoms with E-state index in [9.17, 15) is 0 Å². The van der Waals surface area contributed by atoms with Crippen LogP contribution in [0, 0.1) is 0 Å². The zero-order chi connectivity index (χ0) is 14.1. The number of piperazine rings is 1. The number of rotatable bonds is 2. The molecule has 0 aliphatic carbocycles. The highest BCUT2D eigenvalue weighted by Crippen LogP contribution is 2.23. The van der Waals surface area contributed by atoms with E-state index in [0.29, 0.717) is 6.04 Å². The number of hydrogen-bond donors (Lipinski definition) is 2. The van der Waals surface area contributed by atoms with E-state index in [0.717, 1.165) is 25.3 Å². The summed E-state index contributed by atoms with van der Waals surface area (Å²) in [7, 11) is 0. The van der Waals surface area contributed by atoms with Crippen molar-refractivity contribution in [3.05, 3.63) is 60.6 Å². The van der Waals surface area contributed by atoms with Crippen LogP contribution in [0.15, 0.2) is 55.0 Å². The molecular formula is C17H18N4. The Hall–Kier alpha value is -2.17. The molecule has 1 fully saturated rings. The lowest BCUT2D eigenvalue weighted by molar-refractivity contribution is 0.430. The van der Waals surface area contributed by atoms with Crippen molar-refractivity contribution >= 4 is 5.65 Å². The van der Waals surface area contributed by atoms with Crippen LogP contribution in [0.3, 0.4) is 0 Å². The fourth-order valence-electron chi connectivity index (χ4n) is 2.89. The van der Waals surface area contributed by atoms with Gasteiger partial charge in [0.1, 0.15) is 5.65 Å². The maximum Gasteiger partial charge on any atom is 0.137 e. The summed E-state index contributed by atoms with van der Waals surface area (Å²) in [5.74, 6) is 0. The zero-order valence-corrected chi connectivity index (χ0v) is 11.8. The van der Waals surface area contributed by atoms with Gasteiger partial charge in [-0.15, -0.1) is 0 Å². The molecule has 21 heavy (non-hydrogen) atoms. The van der Waals surface area contributed by atoms with E-state index in [1.165, 1.54) is 16.7 Å². The SMILES string of the molecule is c1cn2ccc(-c3ccc(C4CNCCN4)cc3)cc2n1. The molecular weight excluding hydrogens is 260 g/mol. The summed E-state index contributed by atoms with van der Waals surface area (Å²) in [6.07, 6.45) is 5.84. The second-order valence-electron chi connectivity index (χ2n) is 5.44. The molecule has 1 aromatic carbocycles. The van der Waals surface area contributed by atoms with Crippen molar-refractivity contribution in [1.29, 1.82) is 0 Å². The van der Waals surface area contributed by atoms with Crippen LogP contribution in [0.2, 0.25) is 0 Å². The number of fused-ring (bicyclic) bond motifs is 1. The highest BCUT2D eigenvalue weighted by atomic mass is 15.1. The quantitative estimate of drug-likeness (QED) is 0.755. The predicted molar refractivity (Wildman–Crippen MR) is 84.2 cm³/mol. The highest BCUT2D eigenvalue weighted by molar-refractivity contribution is 5.67. The van der Waals surface area contributed by atoms with Crippen molar-refractivity contribution in [2.24, 2.45) is 0 Å². The minimum atomic E-state index is 0.419. The van der Waals surface area contributed by atoms with E-state index < -0.39 is 0 Å². The summed E-state index contributed by atoms with van der Waals surface area (Å²) in [6.45, 7) is 3.08. The monoisotopic (exact) mass is 278 g/mol. The second-order valence-corrected chi connectivity index (χ2v) is 5.44. The third-order valence-electron chi connectivity index (χ3n) is 4.09. The van der Waals surface area contributed by atoms with Crippen molar-refractivity contribution in [2.75, 3.05) is 19.6 Å². The number of aromatic nitrogens is 2. The Kier molecular flexibility index (Phi) is 3.18. The van der Waals surface area contributed by atoms with Crippen molar-refractivity contribution < 1.29 is 0 Å². The molecule has 2 aromatic heterocycles. The first-order valence-corrected chi connectivity index (χ1v) is 7.37. The fourth-order valence-corrected chi connectivity index (χ4v) is 2.89. The van der Waals surface area contributed by atoms with Gasteiger partial charge < -0.3 is 15.0 Å². The minimum absolute atomic E-state index is 0.419. The van der Waals surface area contributed by atoms with E-state index >= 15 is 0 Å². The molecule has 1 aliphatic heterocycles. The van der Waals surface area contributed by atoms with E-state index in [1.807, 2.05) is 16.8 Å². The topological polar surface area (TPSA) is 41.4 Å². The molecule has 1 atom stereocenters. The predicted octanol–water partition coefficient (Wildman–Crippen LogP) is 2.24. The van der Waals surface area contributed by atoms with E-state index in [4.69, 9.17) is 0 Å². The summed E-state index contributed by atoms with van der Waals surface area (Å²) in [4.78, 5) is 4.34. The Balaban J connectivity index is 1.62. The summed E-state index contributed by atoms with van der Waals surface area (Å²) < 4.78 is 2.02. The van der Waals surface area contributed by atoms with Gasteiger partial charge in [-0.3, -0.25) is 0 Å². The third-order valence-corrected chi connectivity index (χ3v) is 4.09. The molecule has 0 spiro atoms. The van der Waals surface area contributed by atoms with Gasteiger partial charge in [0.15, 0.2) is 0 Å². The molecule has 3 heterocycles. The second kappa shape index (κ2) is 5.31. The van der Waals surface area contributed by atoms with Crippen LogP contribution in [-0.4, -0.2) is 29.0 Å². The number of nitrogens with one attached hydrogen (secondary N) is 2. The standard InChI is InChI=1S/C17H18N4/c1-3-14(16-12-18-6-7-19-16)4-2-13(1)15-5-9-21-10-8-20-17(21)11-15/h1-5,8-11,16,18-19H,6-7,12H2. The average molecular weight is 278 g/mol. The van der Waals surface area contributed by atoms with Crippen LogP contribution in [-0.2, 0) is 0 Å². The Morgan fingerprint density at radius 3 is 2.71 bits per heavy atom. The molecule has 2 N–H and O–H groups in total. The van der Waals surface area contributed by atoms with Crippen LogP contribution < -0.4 is 10.6 Å². The maximum atomic E-state index is 4.34. The van der Waals surface area contributed by atoms with Crippen LogP contribution in [0.4, 0.5) is 0 Å². The molecule has 3 aromatic rings. The largest absolute Gasteiger partial charge is 0.314 e. The fraction of sp³-hybridized carbons (Fsp3) is 0.235. The van der Waals surface area contributed by atoms with Gasteiger partial charge in [-0.1, -0.05) is 24.3 Å². The van der Waals surface area contributed by atoms with Crippen LogP contribution in [0.25, 0.3) is 16.8 Å². The molecule has 4 heteroatoms. The van der Waals surface area contributed by atoms with Gasteiger partial charge in [0, 0.05) is 44.3 Å². The van der Waals surface area contributed by atoms with Crippen LogP contribution in [0.5, 0.6) is 0 Å². The average Bonchev–Trinajstić information content (AvgIpc) is 3.03. The zero-order valence-electron chi connectivity index (χ0n) is 11.8. The molecule has 0 radical (unpaired) electrons. The van der Waals surface area contributed by atoms with Gasteiger partial charge >= 0.3 is 0 Å². The van der Waals surface area contributed by atoms with Gasteiger partial charge in [-0.2, -0.15) is 0 Å². The van der Waals surface area contributed by atoms with Crippen molar-refractivity contribution in [3.63, 3.8) is 0 Å². The van der Waals surface area contributed by atoms with Gasteiger partial charge in [0.05, 0.1) is 0 Å². The Bertz CT molecular complexity index is 739. The number of imidazole rings is 1. The lowest BCUT2D eigenvalue weighted by Crippen LogP contribution is -2.42. The summed E-state index contributed by atoms with van der Waals surface area (Å²) >= 11 is 0. The molecule has 0 bridgehead atoms. The minimum Gasteiger partial charge on any atom is -0.314 e. The van der Waals surface area contributed by atoms with Crippen molar-refractivity contribution in [2.45, 2.75) is 6.04 Å². The molecule has 106 valence electrons. The first-order valence-electron chi connectivity index (χ1n) is 7.37. The number of hydrogen-bond acceptors (Lipinski definition) is 3. The molecule has 0 saturated carbocycles. The Labute approximate surface area is 123 Å². The van der Waals surface area contributed by atoms with Crippen molar-refractivity contribution in [1.82, 2.24) is 20.0 Å². The van der Waals surface area contributed by atoms with Crippen molar-refractivity contribution in [3.8, 4) is 11.1 Å². The van der Waals surface area contributed by atoms with Crippen LogP contribution in [0.1, 0.15) is 11.6 Å². The number of benzene rings is 1. The number of nitrogens with zero attached hydrogens (tertiary/aromatic N) is 2. The smallest absolute Gasteiger partial charge is 0.137 e. The Morgan fingerprint density at radius 1 is 1.00 bits per heavy atom. The first-order chi connectivity index (χ1) is 10.4. The van der Waals surface area contributed by atoms with Crippen LogP contribution >= 0.6 is 0 Å². The maximum absolute atomic E-state index is 4.34. The normalized spacial score (nSPS) is 19.0. The lowest BCUT2D eigenvalue weighted by Gasteiger charge is -2.25. The summed E-state index contributed by atoms with van der Waals surface area (Å²) in [6, 6.07) is 13.5. The van der Waals surface area contributed by atoms with Gasteiger partial charge in [0.2, 0.25) is 0 Å².